The molecular formula is C16H24Cl2N2O. The number of hydrogen-bond donors (Lipinski definition) is 1. The van der Waals surface area contributed by atoms with Gasteiger partial charge in [0.1, 0.15) is 0 Å². The second kappa shape index (κ2) is 10.9. The largest absolute Gasteiger partial charge is 0.369 e. The van der Waals surface area contributed by atoms with Gasteiger partial charge in [0, 0.05) is 42.5 Å². The molecule has 0 amide bonds. The second-order valence-electron chi connectivity index (χ2n) is 4.93. The molecule has 118 valence electrons. The molecule has 0 saturated heterocycles. The molecule has 0 aliphatic rings. The summed E-state index contributed by atoms with van der Waals surface area (Å²) in [6, 6.07) is 7.70. The van der Waals surface area contributed by atoms with Crippen LogP contribution in [0, 0.1) is 0 Å². The van der Waals surface area contributed by atoms with Gasteiger partial charge < -0.3 is 10.6 Å². The number of Topliss-reactive ketones (excluding diaryl/α,β-unsaturated/α-hetero) is 1. The Morgan fingerprint density at radius 3 is 2.14 bits per heavy atom. The highest BCUT2D eigenvalue weighted by atomic mass is 35.5. The molecular weight excluding hydrogens is 307 g/mol. The van der Waals surface area contributed by atoms with Gasteiger partial charge >= 0.3 is 0 Å². The normalized spacial score (nSPS) is 10.6. The molecule has 0 fully saturated rings. The fourth-order valence-electron chi connectivity index (χ4n) is 2.18. The minimum absolute atomic E-state index is 0.194. The molecule has 0 atom stereocenters. The summed E-state index contributed by atoms with van der Waals surface area (Å²) < 4.78 is 0. The minimum atomic E-state index is 0.194. The Morgan fingerprint density at radius 2 is 1.62 bits per heavy atom. The van der Waals surface area contributed by atoms with Crippen LogP contribution in [0.5, 0.6) is 0 Å². The van der Waals surface area contributed by atoms with Crippen LogP contribution in [-0.2, 0) is 0 Å². The van der Waals surface area contributed by atoms with Gasteiger partial charge in [-0.15, -0.1) is 23.2 Å². The minimum Gasteiger partial charge on any atom is -0.369 e. The van der Waals surface area contributed by atoms with E-state index in [9.17, 15) is 4.79 Å². The van der Waals surface area contributed by atoms with E-state index < -0.39 is 0 Å². The number of nitrogens with zero attached hydrogens (tertiary/aromatic N) is 1. The predicted octanol–water partition coefficient (Wildman–Crippen LogP) is 3.67. The fourth-order valence-corrected chi connectivity index (χ4v) is 2.59. The Bertz CT molecular complexity index is 403. The Morgan fingerprint density at radius 1 is 1.00 bits per heavy atom. The van der Waals surface area contributed by atoms with Crippen LogP contribution in [0.1, 0.15) is 36.0 Å². The van der Waals surface area contributed by atoms with Crippen LogP contribution in [0.4, 0.5) is 5.69 Å². The first-order valence-corrected chi connectivity index (χ1v) is 8.50. The van der Waals surface area contributed by atoms with Gasteiger partial charge in [-0.2, -0.15) is 0 Å². The number of halogens is 2. The van der Waals surface area contributed by atoms with Crippen LogP contribution in [0.3, 0.4) is 0 Å². The highest BCUT2D eigenvalue weighted by Gasteiger charge is 2.08. The average molecular weight is 331 g/mol. The smallest absolute Gasteiger partial charge is 0.162 e. The summed E-state index contributed by atoms with van der Waals surface area (Å²) in [5.74, 6) is 1.30. The first kappa shape index (κ1) is 18.3. The van der Waals surface area contributed by atoms with Crippen molar-refractivity contribution >= 4 is 34.7 Å². The first-order valence-electron chi connectivity index (χ1n) is 7.43. The van der Waals surface area contributed by atoms with Gasteiger partial charge in [0.25, 0.3) is 0 Å². The second-order valence-corrected chi connectivity index (χ2v) is 5.69. The third-order valence-corrected chi connectivity index (χ3v) is 3.71. The van der Waals surface area contributed by atoms with Gasteiger partial charge in [-0.1, -0.05) is 6.42 Å². The maximum Gasteiger partial charge on any atom is 0.162 e. The molecule has 1 aromatic rings. The van der Waals surface area contributed by atoms with E-state index in [0.29, 0.717) is 24.7 Å². The van der Waals surface area contributed by atoms with E-state index in [2.05, 4.69) is 4.90 Å². The number of nitrogens with two attached hydrogens (primary N) is 1. The van der Waals surface area contributed by atoms with Crippen molar-refractivity contribution < 1.29 is 4.79 Å². The third-order valence-electron chi connectivity index (χ3n) is 3.37. The lowest BCUT2D eigenvalue weighted by atomic mass is 10.0. The monoisotopic (exact) mass is 330 g/mol. The molecule has 0 saturated carbocycles. The molecule has 5 heteroatoms. The molecule has 0 bridgehead atoms. The number of carbonyl (C=O) groups excluding carboxylic acids is 1. The van der Waals surface area contributed by atoms with Gasteiger partial charge in [0.2, 0.25) is 0 Å². The van der Waals surface area contributed by atoms with E-state index >= 15 is 0 Å². The maximum absolute atomic E-state index is 12.1. The van der Waals surface area contributed by atoms with Gasteiger partial charge in [-0.25, -0.2) is 0 Å². The molecule has 0 spiro atoms. The molecule has 0 aliphatic carbocycles. The number of ketones is 1. The van der Waals surface area contributed by atoms with Crippen LogP contribution in [0.15, 0.2) is 24.3 Å². The van der Waals surface area contributed by atoms with Crippen LogP contribution in [-0.4, -0.2) is 37.2 Å². The SMILES string of the molecule is NCCCCCC(=O)c1ccc(N(CCCl)CCCl)cc1. The summed E-state index contributed by atoms with van der Waals surface area (Å²) in [5, 5.41) is 0. The zero-order chi connectivity index (χ0) is 15.5. The first-order chi connectivity index (χ1) is 10.2. The van der Waals surface area contributed by atoms with Crippen molar-refractivity contribution in [2.45, 2.75) is 25.7 Å². The highest BCUT2D eigenvalue weighted by molar-refractivity contribution is 6.18. The number of hydrogen-bond acceptors (Lipinski definition) is 3. The van der Waals surface area contributed by atoms with Crippen molar-refractivity contribution in [2.75, 3.05) is 36.3 Å². The highest BCUT2D eigenvalue weighted by Crippen LogP contribution is 2.17. The van der Waals surface area contributed by atoms with Crippen molar-refractivity contribution in [1.82, 2.24) is 0 Å². The number of unbranched alkanes of at least 4 members (excludes halogenated alkanes) is 2. The number of rotatable bonds is 11. The van der Waals surface area contributed by atoms with Crippen molar-refractivity contribution in [3.05, 3.63) is 29.8 Å². The Balaban J connectivity index is 2.57. The molecule has 2 N–H and O–H groups in total. The van der Waals surface area contributed by atoms with Crippen molar-refractivity contribution in [3.8, 4) is 0 Å². The zero-order valence-corrected chi connectivity index (χ0v) is 13.9. The fraction of sp³-hybridized carbons (Fsp3) is 0.562. The lowest BCUT2D eigenvalue weighted by Gasteiger charge is -2.22. The van der Waals surface area contributed by atoms with Gasteiger partial charge in [0.05, 0.1) is 0 Å². The van der Waals surface area contributed by atoms with E-state index in [-0.39, 0.29) is 5.78 Å². The molecule has 0 aliphatic heterocycles. The van der Waals surface area contributed by atoms with Gasteiger partial charge in [-0.05, 0) is 43.7 Å². The van der Waals surface area contributed by atoms with Crippen LogP contribution < -0.4 is 10.6 Å². The van der Waals surface area contributed by atoms with Gasteiger partial charge in [-0.3, -0.25) is 4.79 Å². The topological polar surface area (TPSA) is 46.3 Å². The average Bonchev–Trinajstić information content (AvgIpc) is 2.51. The Kier molecular flexibility index (Phi) is 9.48. The summed E-state index contributed by atoms with van der Waals surface area (Å²) in [7, 11) is 0. The van der Waals surface area contributed by atoms with Gasteiger partial charge in [0.15, 0.2) is 5.78 Å². The summed E-state index contributed by atoms with van der Waals surface area (Å²) in [5.41, 5.74) is 7.26. The summed E-state index contributed by atoms with van der Waals surface area (Å²) in [4.78, 5) is 14.2. The van der Waals surface area contributed by atoms with E-state index in [0.717, 1.165) is 43.6 Å². The van der Waals surface area contributed by atoms with Crippen LogP contribution in [0.2, 0.25) is 0 Å². The van der Waals surface area contributed by atoms with E-state index in [1.165, 1.54) is 0 Å². The molecule has 1 aromatic carbocycles. The summed E-state index contributed by atoms with van der Waals surface area (Å²) >= 11 is 11.6. The number of anilines is 1. The van der Waals surface area contributed by atoms with E-state index in [1.807, 2.05) is 24.3 Å². The standard InChI is InChI=1S/C16H24Cl2N2O/c17-9-12-20(13-10-18)15-7-5-14(6-8-15)16(21)4-2-1-3-11-19/h5-8H,1-4,9-13,19H2. The van der Waals surface area contributed by atoms with Crippen molar-refractivity contribution in [3.63, 3.8) is 0 Å². The molecule has 0 radical (unpaired) electrons. The van der Waals surface area contributed by atoms with Crippen LogP contribution in [0.25, 0.3) is 0 Å². The van der Waals surface area contributed by atoms with E-state index in [4.69, 9.17) is 28.9 Å². The Labute approximate surface area is 137 Å². The number of benzene rings is 1. The predicted molar refractivity (Wildman–Crippen MR) is 91.9 cm³/mol. The lowest BCUT2D eigenvalue weighted by Crippen LogP contribution is -2.27. The van der Waals surface area contributed by atoms with Crippen LogP contribution >= 0.6 is 23.2 Å². The Hall–Kier alpha value is -0.770. The maximum atomic E-state index is 12.1. The summed E-state index contributed by atoms with van der Waals surface area (Å²) in [6.07, 6.45) is 3.49. The molecule has 21 heavy (non-hydrogen) atoms. The van der Waals surface area contributed by atoms with Crippen molar-refractivity contribution in [2.24, 2.45) is 5.73 Å². The quantitative estimate of drug-likeness (QED) is 0.382. The molecule has 0 aromatic heterocycles. The molecule has 0 heterocycles. The third kappa shape index (κ3) is 6.68. The van der Waals surface area contributed by atoms with Crippen molar-refractivity contribution in [1.29, 1.82) is 0 Å². The zero-order valence-electron chi connectivity index (χ0n) is 12.4. The molecule has 1 rings (SSSR count). The number of carbonyl (C=O) groups is 1. The number of alkyl halides is 2. The van der Waals surface area contributed by atoms with E-state index in [1.54, 1.807) is 0 Å². The summed E-state index contributed by atoms with van der Waals surface area (Å²) in [6.45, 7) is 2.20. The lowest BCUT2D eigenvalue weighted by molar-refractivity contribution is 0.0979. The molecule has 3 nitrogen and oxygen atoms in total. The molecule has 0 unspecified atom stereocenters.